The highest BCUT2D eigenvalue weighted by Gasteiger charge is 2.27. The quantitative estimate of drug-likeness (QED) is 0.722. The first-order valence-electron chi connectivity index (χ1n) is 8.52. The van der Waals surface area contributed by atoms with Crippen molar-refractivity contribution in [3.8, 4) is 10.7 Å². The van der Waals surface area contributed by atoms with Gasteiger partial charge in [-0.25, -0.2) is 9.97 Å². The number of benzene rings is 1. The summed E-state index contributed by atoms with van der Waals surface area (Å²) >= 11 is 1.69. The Morgan fingerprint density at radius 1 is 1.21 bits per heavy atom. The van der Waals surface area contributed by atoms with Gasteiger partial charge in [0.2, 0.25) is 0 Å². The van der Waals surface area contributed by atoms with E-state index in [-0.39, 0.29) is 0 Å². The molecule has 0 amide bonds. The Kier molecular flexibility index (Phi) is 4.21. The molecule has 4 nitrogen and oxygen atoms in total. The number of nitrogens with zero attached hydrogens (tertiary/aromatic N) is 4. The number of fused-ring (bicyclic) bond motifs is 1. The van der Waals surface area contributed by atoms with Gasteiger partial charge >= 0.3 is 0 Å². The molecule has 1 aliphatic heterocycles. The average Bonchev–Trinajstić information content (AvgIpc) is 3.32. The first-order chi connectivity index (χ1) is 11.8. The Hall–Kier alpha value is -1.98. The number of aromatic nitrogens is 2. The van der Waals surface area contributed by atoms with Crippen LogP contribution in [0.15, 0.2) is 41.8 Å². The van der Waals surface area contributed by atoms with Crippen molar-refractivity contribution in [1.29, 1.82) is 0 Å². The molecule has 1 aliphatic rings. The normalized spacial score (nSPS) is 18.0. The minimum absolute atomic E-state index is 0.605. The maximum atomic E-state index is 4.95. The summed E-state index contributed by atoms with van der Waals surface area (Å²) in [6.45, 7) is 5.40. The standard InChI is InChI=1S/C19H22N4S/c1-3-22(2)14-10-11-23(13-14)19-15-7-4-5-8-16(15)20-18(21-19)17-9-6-12-24-17/h4-9,12,14H,3,10-11,13H2,1-2H3. The van der Waals surface area contributed by atoms with Crippen molar-refractivity contribution in [2.45, 2.75) is 19.4 Å². The van der Waals surface area contributed by atoms with E-state index < -0.39 is 0 Å². The minimum Gasteiger partial charge on any atom is -0.354 e. The molecule has 1 aromatic carbocycles. The molecule has 3 aromatic rings. The van der Waals surface area contributed by atoms with Crippen molar-refractivity contribution >= 4 is 28.1 Å². The summed E-state index contributed by atoms with van der Waals surface area (Å²) in [5, 5.41) is 3.23. The van der Waals surface area contributed by atoms with Gasteiger partial charge in [0.1, 0.15) is 5.82 Å². The highest BCUT2D eigenvalue weighted by atomic mass is 32.1. The zero-order valence-corrected chi connectivity index (χ0v) is 15.0. The predicted octanol–water partition coefficient (Wildman–Crippen LogP) is 3.89. The molecule has 1 unspecified atom stereocenters. The molecule has 1 atom stereocenters. The Balaban J connectivity index is 1.77. The molecule has 0 radical (unpaired) electrons. The number of para-hydroxylation sites is 1. The van der Waals surface area contributed by atoms with Crippen molar-refractivity contribution in [1.82, 2.24) is 14.9 Å². The van der Waals surface area contributed by atoms with Gasteiger partial charge in [-0.15, -0.1) is 11.3 Å². The molecule has 5 heteroatoms. The van der Waals surface area contributed by atoms with Crippen LogP contribution in [-0.2, 0) is 0 Å². The van der Waals surface area contributed by atoms with E-state index in [0.717, 1.165) is 47.1 Å². The molecule has 1 fully saturated rings. The van der Waals surface area contributed by atoms with Crippen molar-refractivity contribution in [2.24, 2.45) is 0 Å². The molecule has 3 heterocycles. The van der Waals surface area contributed by atoms with E-state index in [0.29, 0.717) is 6.04 Å². The fourth-order valence-electron chi connectivity index (χ4n) is 3.37. The molecule has 0 N–H and O–H groups in total. The van der Waals surface area contributed by atoms with E-state index in [9.17, 15) is 0 Å². The van der Waals surface area contributed by atoms with Crippen LogP contribution in [0.1, 0.15) is 13.3 Å². The van der Waals surface area contributed by atoms with E-state index in [2.05, 4.69) is 65.5 Å². The summed E-state index contributed by atoms with van der Waals surface area (Å²) < 4.78 is 0. The van der Waals surface area contributed by atoms with E-state index >= 15 is 0 Å². The Morgan fingerprint density at radius 2 is 2.08 bits per heavy atom. The lowest BCUT2D eigenvalue weighted by molar-refractivity contribution is 0.272. The van der Waals surface area contributed by atoms with Gasteiger partial charge in [0, 0.05) is 24.5 Å². The van der Waals surface area contributed by atoms with E-state index in [1.54, 1.807) is 11.3 Å². The van der Waals surface area contributed by atoms with Crippen molar-refractivity contribution < 1.29 is 0 Å². The second-order valence-corrected chi connectivity index (χ2v) is 7.27. The fraction of sp³-hybridized carbons (Fsp3) is 0.368. The van der Waals surface area contributed by atoms with Crippen molar-refractivity contribution in [2.75, 3.05) is 31.6 Å². The van der Waals surface area contributed by atoms with Crippen molar-refractivity contribution in [3.63, 3.8) is 0 Å². The van der Waals surface area contributed by atoms with Gasteiger partial charge in [0.05, 0.1) is 10.4 Å². The second kappa shape index (κ2) is 6.49. The summed E-state index contributed by atoms with van der Waals surface area (Å²) in [5.74, 6) is 1.92. The highest BCUT2D eigenvalue weighted by molar-refractivity contribution is 7.13. The van der Waals surface area contributed by atoms with Gasteiger partial charge in [-0.3, -0.25) is 0 Å². The van der Waals surface area contributed by atoms with Gasteiger partial charge in [-0.2, -0.15) is 0 Å². The average molecular weight is 338 g/mol. The molecule has 0 bridgehead atoms. The van der Waals surface area contributed by atoms with Crippen LogP contribution in [0.4, 0.5) is 5.82 Å². The molecule has 24 heavy (non-hydrogen) atoms. The lowest BCUT2D eigenvalue weighted by Gasteiger charge is -2.24. The Morgan fingerprint density at radius 3 is 2.88 bits per heavy atom. The first kappa shape index (κ1) is 15.5. The van der Waals surface area contributed by atoms with Crippen LogP contribution >= 0.6 is 11.3 Å². The molecular weight excluding hydrogens is 316 g/mol. The largest absolute Gasteiger partial charge is 0.354 e. The van der Waals surface area contributed by atoms with Crippen LogP contribution in [0, 0.1) is 0 Å². The van der Waals surface area contributed by atoms with Crippen LogP contribution in [0.2, 0.25) is 0 Å². The highest BCUT2D eigenvalue weighted by Crippen LogP contribution is 2.31. The van der Waals surface area contributed by atoms with E-state index in [4.69, 9.17) is 9.97 Å². The molecular formula is C19H22N4S. The minimum atomic E-state index is 0.605. The zero-order chi connectivity index (χ0) is 16.5. The smallest absolute Gasteiger partial charge is 0.172 e. The summed E-state index contributed by atoms with van der Waals surface area (Å²) in [5.41, 5.74) is 1.03. The third-order valence-electron chi connectivity index (χ3n) is 4.91. The summed E-state index contributed by atoms with van der Waals surface area (Å²) in [4.78, 5) is 15.7. The summed E-state index contributed by atoms with van der Waals surface area (Å²) in [7, 11) is 2.21. The van der Waals surface area contributed by atoms with Gasteiger partial charge in [-0.1, -0.05) is 25.1 Å². The van der Waals surface area contributed by atoms with Gasteiger partial charge in [0.25, 0.3) is 0 Å². The molecule has 124 valence electrons. The maximum Gasteiger partial charge on any atom is 0.172 e. The summed E-state index contributed by atoms with van der Waals surface area (Å²) in [6, 6.07) is 13.1. The lowest BCUT2D eigenvalue weighted by Crippen LogP contribution is -2.34. The van der Waals surface area contributed by atoms with Gasteiger partial charge < -0.3 is 9.80 Å². The second-order valence-electron chi connectivity index (χ2n) is 6.33. The molecule has 0 spiro atoms. The number of hydrogen-bond donors (Lipinski definition) is 0. The van der Waals surface area contributed by atoms with Crippen molar-refractivity contribution in [3.05, 3.63) is 41.8 Å². The van der Waals surface area contributed by atoms with Gasteiger partial charge in [-0.05, 0) is 43.6 Å². The molecule has 0 saturated carbocycles. The molecule has 4 rings (SSSR count). The van der Waals surface area contributed by atoms with E-state index in [1.807, 2.05) is 0 Å². The van der Waals surface area contributed by atoms with Crippen LogP contribution in [-0.4, -0.2) is 47.6 Å². The third-order valence-corrected chi connectivity index (χ3v) is 5.78. The lowest BCUT2D eigenvalue weighted by atomic mass is 10.2. The number of likely N-dealkylation sites (N-methyl/N-ethyl adjacent to an activating group) is 1. The molecule has 1 saturated heterocycles. The van der Waals surface area contributed by atoms with Crippen LogP contribution in [0.3, 0.4) is 0 Å². The van der Waals surface area contributed by atoms with Gasteiger partial charge in [0.15, 0.2) is 5.82 Å². The number of rotatable bonds is 4. The van der Waals surface area contributed by atoms with Crippen LogP contribution in [0.5, 0.6) is 0 Å². The number of hydrogen-bond acceptors (Lipinski definition) is 5. The molecule has 2 aromatic heterocycles. The molecule has 0 aliphatic carbocycles. The van der Waals surface area contributed by atoms with Crippen LogP contribution in [0.25, 0.3) is 21.6 Å². The van der Waals surface area contributed by atoms with E-state index in [1.165, 1.54) is 6.42 Å². The van der Waals surface area contributed by atoms with Crippen LogP contribution < -0.4 is 4.90 Å². The number of thiophene rings is 1. The number of anilines is 1. The third kappa shape index (κ3) is 2.78. The fourth-order valence-corrected chi connectivity index (χ4v) is 4.03. The first-order valence-corrected chi connectivity index (χ1v) is 9.40. The summed E-state index contributed by atoms with van der Waals surface area (Å²) in [6.07, 6.45) is 1.19. The predicted molar refractivity (Wildman–Crippen MR) is 102 cm³/mol. The Labute approximate surface area is 146 Å². The Bertz CT molecular complexity index is 831. The maximum absolute atomic E-state index is 4.95. The zero-order valence-electron chi connectivity index (χ0n) is 14.1. The monoisotopic (exact) mass is 338 g/mol. The SMILES string of the molecule is CCN(C)C1CCN(c2nc(-c3cccs3)nc3ccccc23)C1. The topological polar surface area (TPSA) is 32.3 Å².